The summed E-state index contributed by atoms with van der Waals surface area (Å²) < 4.78 is 11.0. The Balaban J connectivity index is 1.57. The number of nitrogens with one attached hydrogen (secondary N) is 1. The minimum Gasteiger partial charge on any atom is -0.378 e. The smallest absolute Gasteiger partial charge is 0.228 e. The second-order valence-corrected chi connectivity index (χ2v) is 7.03. The molecule has 9 nitrogen and oxygen atoms in total. The van der Waals surface area contributed by atoms with E-state index in [1.165, 1.54) is 0 Å². The van der Waals surface area contributed by atoms with Crippen molar-refractivity contribution in [1.29, 1.82) is 0 Å². The van der Waals surface area contributed by atoms with E-state index >= 15 is 0 Å². The number of nitrogens with zero attached hydrogens (tertiary/aromatic N) is 6. The van der Waals surface area contributed by atoms with Gasteiger partial charge in [0.05, 0.1) is 37.6 Å². The van der Waals surface area contributed by atoms with Gasteiger partial charge in [0, 0.05) is 44.0 Å². The van der Waals surface area contributed by atoms with E-state index in [-0.39, 0.29) is 0 Å². The van der Waals surface area contributed by atoms with Gasteiger partial charge in [0.1, 0.15) is 11.6 Å². The molecule has 0 bridgehead atoms. The Morgan fingerprint density at radius 2 is 1.61 bits per heavy atom. The summed E-state index contributed by atoms with van der Waals surface area (Å²) >= 11 is 0. The summed E-state index contributed by atoms with van der Waals surface area (Å²) in [5.41, 5.74) is 3.44. The number of imidazole rings is 1. The first-order chi connectivity index (χ1) is 13.8. The summed E-state index contributed by atoms with van der Waals surface area (Å²) in [6.07, 6.45) is 1.83. The largest absolute Gasteiger partial charge is 0.378 e. The number of aromatic amines is 1. The quantitative estimate of drug-likeness (QED) is 0.728. The first kappa shape index (κ1) is 17.3. The van der Waals surface area contributed by atoms with Gasteiger partial charge in [-0.1, -0.05) is 0 Å². The lowest BCUT2D eigenvalue weighted by Gasteiger charge is -2.31. The van der Waals surface area contributed by atoms with Gasteiger partial charge in [-0.15, -0.1) is 0 Å². The lowest BCUT2D eigenvalue weighted by Crippen LogP contribution is -2.39. The van der Waals surface area contributed by atoms with E-state index in [0.29, 0.717) is 26.4 Å². The van der Waals surface area contributed by atoms with Crippen molar-refractivity contribution in [3.63, 3.8) is 0 Å². The Labute approximate surface area is 162 Å². The highest BCUT2D eigenvalue weighted by molar-refractivity contribution is 5.78. The van der Waals surface area contributed by atoms with Gasteiger partial charge in [-0.05, 0) is 13.0 Å². The molecule has 3 aromatic rings. The lowest BCUT2D eigenvalue weighted by atomic mass is 10.2. The van der Waals surface area contributed by atoms with Gasteiger partial charge in [-0.2, -0.15) is 4.98 Å². The Kier molecular flexibility index (Phi) is 4.53. The van der Waals surface area contributed by atoms with E-state index in [1.54, 1.807) is 0 Å². The number of hydrogen-bond donors (Lipinski definition) is 1. The molecule has 0 spiro atoms. The fourth-order valence-electron chi connectivity index (χ4n) is 3.59. The van der Waals surface area contributed by atoms with Crippen LogP contribution in [0.15, 0.2) is 18.3 Å². The van der Waals surface area contributed by atoms with Gasteiger partial charge >= 0.3 is 0 Å². The summed E-state index contributed by atoms with van der Waals surface area (Å²) in [5.74, 6) is 2.52. The van der Waals surface area contributed by atoms with Gasteiger partial charge in [0.2, 0.25) is 5.95 Å². The molecule has 3 aromatic heterocycles. The van der Waals surface area contributed by atoms with Crippen molar-refractivity contribution in [3.8, 4) is 11.3 Å². The van der Waals surface area contributed by atoms with Crippen LogP contribution in [0.5, 0.6) is 0 Å². The van der Waals surface area contributed by atoms with E-state index < -0.39 is 0 Å². The molecule has 9 heteroatoms. The van der Waals surface area contributed by atoms with Gasteiger partial charge in [-0.3, -0.25) is 0 Å². The monoisotopic (exact) mass is 381 g/mol. The van der Waals surface area contributed by atoms with Crippen molar-refractivity contribution >= 4 is 22.9 Å². The van der Waals surface area contributed by atoms with Gasteiger partial charge in [0.25, 0.3) is 0 Å². The molecular formula is C19H23N7O2. The lowest BCUT2D eigenvalue weighted by molar-refractivity contribution is 0.121. The summed E-state index contributed by atoms with van der Waals surface area (Å²) in [5, 5.41) is 0. The predicted molar refractivity (Wildman–Crippen MR) is 106 cm³/mol. The number of H-pyrrole nitrogens is 1. The summed E-state index contributed by atoms with van der Waals surface area (Å²) in [6.45, 7) is 8.00. The molecule has 2 saturated heterocycles. The zero-order valence-electron chi connectivity index (χ0n) is 15.9. The third kappa shape index (κ3) is 3.38. The number of pyridine rings is 1. The van der Waals surface area contributed by atoms with Crippen LogP contribution in [0.25, 0.3) is 22.4 Å². The second kappa shape index (κ2) is 7.33. The maximum absolute atomic E-state index is 5.50. The highest BCUT2D eigenvalue weighted by Gasteiger charge is 2.20. The Hall–Kier alpha value is -2.78. The number of fused-ring (bicyclic) bond motifs is 1. The third-order valence-electron chi connectivity index (χ3n) is 5.08. The van der Waals surface area contributed by atoms with E-state index in [4.69, 9.17) is 19.4 Å². The maximum atomic E-state index is 5.50. The molecule has 0 amide bonds. The fraction of sp³-hybridized carbons (Fsp3) is 0.474. The second-order valence-electron chi connectivity index (χ2n) is 7.03. The van der Waals surface area contributed by atoms with Crippen LogP contribution in [0, 0.1) is 6.92 Å². The van der Waals surface area contributed by atoms with Crippen LogP contribution in [-0.4, -0.2) is 77.5 Å². The molecule has 0 unspecified atom stereocenters. The highest BCUT2D eigenvalue weighted by Crippen LogP contribution is 2.27. The van der Waals surface area contributed by atoms with Crippen molar-refractivity contribution in [2.75, 3.05) is 62.4 Å². The van der Waals surface area contributed by atoms with E-state index in [2.05, 4.69) is 30.8 Å². The Morgan fingerprint density at radius 3 is 2.36 bits per heavy atom. The standard InChI is InChI=1S/C19H23N7O2/c1-13-21-16-10-14(12-20-18(16)22-13)15-11-17(25-2-6-27-7-3-25)24-19(23-15)26-4-8-28-9-5-26/h10-12H,2-9H2,1H3,(H,20,21,22). The average Bonchev–Trinajstić information content (AvgIpc) is 3.14. The number of ether oxygens (including phenoxy) is 2. The minimum absolute atomic E-state index is 0.696. The topological polar surface area (TPSA) is 92.3 Å². The molecule has 0 aromatic carbocycles. The molecule has 2 aliphatic heterocycles. The summed E-state index contributed by atoms with van der Waals surface area (Å²) in [6, 6.07) is 4.10. The first-order valence-corrected chi connectivity index (χ1v) is 9.63. The van der Waals surface area contributed by atoms with Crippen LogP contribution in [0.3, 0.4) is 0 Å². The summed E-state index contributed by atoms with van der Waals surface area (Å²) in [7, 11) is 0. The van der Waals surface area contributed by atoms with Crippen LogP contribution in [-0.2, 0) is 9.47 Å². The van der Waals surface area contributed by atoms with Crippen molar-refractivity contribution < 1.29 is 9.47 Å². The summed E-state index contributed by atoms with van der Waals surface area (Å²) in [4.78, 5) is 26.3. The number of anilines is 2. The molecule has 2 aliphatic rings. The van der Waals surface area contributed by atoms with Crippen molar-refractivity contribution in [1.82, 2.24) is 24.9 Å². The molecule has 0 saturated carbocycles. The molecule has 0 radical (unpaired) electrons. The molecule has 0 aliphatic carbocycles. The van der Waals surface area contributed by atoms with Crippen molar-refractivity contribution in [2.24, 2.45) is 0 Å². The Bertz CT molecular complexity index is 941. The van der Waals surface area contributed by atoms with Crippen LogP contribution in [0.1, 0.15) is 5.82 Å². The number of aryl methyl sites for hydroxylation is 1. The molecule has 5 heterocycles. The first-order valence-electron chi connectivity index (χ1n) is 9.63. The highest BCUT2D eigenvalue weighted by atomic mass is 16.5. The zero-order valence-corrected chi connectivity index (χ0v) is 15.9. The fourth-order valence-corrected chi connectivity index (χ4v) is 3.59. The third-order valence-corrected chi connectivity index (χ3v) is 5.08. The molecule has 0 atom stereocenters. The number of rotatable bonds is 3. The number of morpholine rings is 2. The maximum Gasteiger partial charge on any atom is 0.228 e. The molecule has 5 rings (SSSR count). The predicted octanol–water partition coefficient (Wildman–Crippen LogP) is 1.40. The van der Waals surface area contributed by atoms with E-state index in [1.807, 2.05) is 19.2 Å². The van der Waals surface area contributed by atoms with Crippen molar-refractivity contribution in [2.45, 2.75) is 6.92 Å². The molecule has 1 N–H and O–H groups in total. The van der Waals surface area contributed by atoms with E-state index in [9.17, 15) is 0 Å². The van der Waals surface area contributed by atoms with Crippen LogP contribution in [0.2, 0.25) is 0 Å². The SMILES string of the molecule is Cc1nc2ncc(-c3cc(N4CCOCC4)nc(N4CCOCC4)n3)cc2[nH]1. The Morgan fingerprint density at radius 1 is 0.893 bits per heavy atom. The van der Waals surface area contributed by atoms with Gasteiger partial charge in [0.15, 0.2) is 5.65 Å². The van der Waals surface area contributed by atoms with Crippen molar-refractivity contribution in [3.05, 3.63) is 24.2 Å². The van der Waals surface area contributed by atoms with Crippen LogP contribution in [0.4, 0.5) is 11.8 Å². The van der Waals surface area contributed by atoms with Gasteiger partial charge < -0.3 is 24.3 Å². The van der Waals surface area contributed by atoms with Crippen LogP contribution >= 0.6 is 0 Å². The molecule has 28 heavy (non-hydrogen) atoms. The zero-order chi connectivity index (χ0) is 18.9. The molecule has 146 valence electrons. The molecular weight excluding hydrogens is 358 g/mol. The average molecular weight is 381 g/mol. The van der Waals surface area contributed by atoms with Gasteiger partial charge in [-0.25, -0.2) is 15.0 Å². The minimum atomic E-state index is 0.696. The number of hydrogen-bond acceptors (Lipinski definition) is 8. The van der Waals surface area contributed by atoms with E-state index in [0.717, 1.165) is 66.2 Å². The molecule has 2 fully saturated rings. The number of aromatic nitrogens is 5. The van der Waals surface area contributed by atoms with Crippen LogP contribution < -0.4 is 9.80 Å². The normalized spacial score (nSPS) is 18.0.